The SMILES string of the molecule is CCC(=O)N1C[C@H](C)C[C@@H]1Cc1ccccc1. The average molecular weight is 231 g/mol. The van der Waals surface area contributed by atoms with Crippen molar-refractivity contribution in [1.82, 2.24) is 4.90 Å². The van der Waals surface area contributed by atoms with Crippen LogP contribution in [0.25, 0.3) is 0 Å². The van der Waals surface area contributed by atoms with Gasteiger partial charge in [0.1, 0.15) is 0 Å². The third-order valence-electron chi connectivity index (χ3n) is 3.56. The molecular formula is C15H21NO. The van der Waals surface area contributed by atoms with E-state index in [2.05, 4.69) is 36.1 Å². The lowest BCUT2D eigenvalue weighted by Crippen LogP contribution is -2.36. The van der Waals surface area contributed by atoms with Crippen molar-refractivity contribution in [3.63, 3.8) is 0 Å². The van der Waals surface area contributed by atoms with E-state index in [0.29, 0.717) is 24.3 Å². The summed E-state index contributed by atoms with van der Waals surface area (Å²) < 4.78 is 0. The van der Waals surface area contributed by atoms with E-state index in [9.17, 15) is 4.79 Å². The second-order valence-corrected chi connectivity index (χ2v) is 5.08. The highest BCUT2D eigenvalue weighted by Crippen LogP contribution is 2.26. The first-order valence-corrected chi connectivity index (χ1v) is 6.54. The van der Waals surface area contributed by atoms with E-state index in [1.54, 1.807) is 0 Å². The van der Waals surface area contributed by atoms with Gasteiger partial charge in [0.05, 0.1) is 0 Å². The van der Waals surface area contributed by atoms with Gasteiger partial charge in [-0.05, 0) is 24.3 Å². The highest BCUT2D eigenvalue weighted by molar-refractivity contribution is 5.76. The third kappa shape index (κ3) is 2.87. The number of amides is 1. The average Bonchev–Trinajstić information content (AvgIpc) is 2.70. The molecule has 2 atom stereocenters. The van der Waals surface area contributed by atoms with Crippen LogP contribution in [0.1, 0.15) is 32.3 Å². The molecule has 2 nitrogen and oxygen atoms in total. The maximum absolute atomic E-state index is 11.9. The van der Waals surface area contributed by atoms with Crippen molar-refractivity contribution < 1.29 is 4.79 Å². The molecule has 1 aliphatic rings. The largest absolute Gasteiger partial charge is 0.339 e. The van der Waals surface area contributed by atoms with Gasteiger partial charge in [-0.1, -0.05) is 44.2 Å². The van der Waals surface area contributed by atoms with Crippen molar-refractivity contribution in [1.29, 1.82) is 0 Å². The molecule has 0 aliphatic carbocycles. The van der Waals surface area contributed by atoms with Crippen LogP contribution in [0.4, 0.5) is 0 Å². The maximum atomic E-state index is 11.9. The predicted molar refractivity (Wildman–Crippen MR) is 69.7 cm³/mol. The first-order valence-electron chi connectivity index (χ1n) is 6.54. The van der Waals surface area contributed by atoms with Gasteiger partial charge < -0.3 is 4.90 Å². The number of likely N-dealkylation sites (tertiary alicyclic amines) is 1. The topological polar surface area (TPSA) is 20.3 Å². The Morgan fingerprint density at radius 1 is 1.35 bits per heavy atom. The molecule has 1 fully saturated rings. The standard InChI is InChI=1S/C15H21NO/c1-3-15(17)16-11-12(2)9-14(16)10-13-7-5-4-6-8-13/h4-8,12,14H,3,9-11H2,1-2H3/t12-,14-/m1/s1. The fourth-order valence-corrected chi connectivity index (χ4v) is 2.74. The van der Waals surface area contributed by atoms with Crippen molar-refractivity contribution in [2.24, 2.45) is 5.92 Å². The maximum Gasteiger partial charge on any atom is 0.222 e. The van der Waals surface area contributed by atoms with Crippen LogP contribution in [-0.2, 0) is 11.2 Å². The summed E-state index contributed by atoms with van der Waals surface area (Å²) >= 11 is 0. The number of carbonyl (C=O) groups is 1. The summed E-state index contributed by atoms with van der Waals surface area (Å²) in [5.74, 6) is 0.939. The molecule has 17 heavy (non-hydrogen) atoms. The lowest BCUT2D eigenvalue weighted by molar-refractivity contribution is -0.131. The molecular weight excluding hydrogens is 210 g/mol. The zero-order chi connectivity index (χ0) is 12.3. The molecule has 0 radical (unpaired) electrons. The smallest absolute Gasteiger partial charge is 0.222 e. The molecule has 1 aromatic rings. The summed E-state index contributed by atoms with van der Waals surface area (Å²) in [5.41, 5.74) is 1.33. The Bertz CT molecular complexity index is 374. The number of hydrogen-bond acceptors (Lipinski definition) is 1. The second kappa shape index (κ2) is 5.35. The highest BCUT2D eigenvalue weighted by atomic mass is 16.2. The Kier molecular flexibility index (Phi) is 3.82. The van der Waals surface area contributed by atoms with E-state index in [4.69, 9.17) is 0 Å². The van der Waals surface area contributed by atoms with E-state index in [0.717, 1.165) is 19.4 Å². The number of benzene rings is 1. The third-order valence-corrected chi connectivity index (χ3v) is 3.56. The molecule has 0 bridgehead atoms. The number of hydrogen-bond donors (Lipinski definition) is 0. The second-order valence-electron chi connectivity index (χ2n) is 5.08. The van der Waals surface area contributed by atoms with Crippen molar-refractivity contribution >= 4 is 5.91 Å². The van der Waals surface area contributed by atoms with Crippen molar-refractivity contribution in [2.45, 2.75) is 39.2 Å². The molecule has 92 valence electrons. The number of rotatable bonds is 3. The predicted octanol–water partition coefficient (Wildman–Crippen LogP) is 2.88. The Morgan fingerprint density at radius 2 is 2.06 bits per heavy atom. The molecule has 0 unspecified atom stereocenters. The molecule has 2 rings (SSSR count). The van der Waals surface area contributed by atoms with Gasteiger partial charge in [0.2, 0.25) is 5.91 Å². The lowest BCUT2D eigenvalue weighted by atomic mass is 10.0. The summed E-state index contributed by atoms with van der Waals surface area (Å²) in [5, 5.41) is 0. The molecule has 0 aromatic heterocycles. The fraction of sp³-hybridized carbons (Fsp3) is 0.533. The van der Waals surface area contributed by atoms with Gasteiger partial charge in [0.25, 0.3) is 0 Å². The molecule has 1 aromatic carbocycles. The van der Waals surface area contributed by atoms with Crippen molar-refractivity contribution in [3.8, 4) is 0 Å². The minimum atomic E-state index is 0.301. The first-order chi connectivity index (χ1) is 8.20. The van der Waals surface area contributed by atoms with Crippen LogP contribution in [0.2, 0.25) is 0 Å². The molecule has 1 aliphatic heterocycles. The van der Waals surface area contributed by atoms with Gasteiger partial charge in [-0.3, -0.25) is 4.79 Å². The monoisotopic (exact) mass is 231 g/mol. The van der Waals surface area contributed by atoms with Crippen LogP contribution >= 0.6 is 0 Å². The first kappa shape index (κ1) is 12.2. The Morgan fingerprint density at radius 3 is 2.71 bits per heavy atom. The van der Waals surface area contributed by atoms with E-state index < -0.39 is 0 Å². The van der Waals surface area contributed by atoms with E-state index in [1.165, 1.54) is 5.56 Å². The van der Waals surface area contributed by atoms with Gasteiger partial charge in [-0.15, -0.1) is 0 Å². The van der Waals surface area contributed by atoms with Gasteiger partial charge in [-0.25, -0.2) is 0 Å². The Labute approximate surface area is 104 Å². The molecule has 2 heteroatoms. The quantitative estimate of drug-likeness (QED) is 0.783. The minimum Gasteiger partial charge on any atom is -0.339 e. The minimum absolute atomic E-state index is 0.301. The molecule has 1 amide bonds. The molecule has 1 saturated heterocycles. The van der Waals surface area contributed by atoms with Crippen LogP contribution in [0.15, 0.2) is 30.3 Å². The summed E-state index contributed by atoms with van der Waals surface area (Å²) in [4.78, 5) is 14.0. The van der Waals surface area contributed by atoms with Crippen LogP contribution in [0.5, 0.6) is 0 Å². The van der Waals surface area contributed by atoms with Crippen LogP contribution in [0.3, 0.4) is 0 Å². The van der Waals surface area contributed by atoms with Crippen LogP contribution in [-0.4, -0.2) is 23.4 Å². The van der Waals surface area contributed by atoms with Crippen molar-refractivity contribution in [2.75, 3.05) is 6.54 Å². The van der Waals surface area contributed by atoms with Gasteiger partial charge in [0, 0.05) is 19.0 Å². The number of nitrogens with zero attached hydrogens (tertiary/aromatic N) is 1. The van der Waals surface area contributed by atoms with Gasteiger partial charge in [-0.2, -0.15) is 0 Å². The molecule has 0 spiro atoms. The molecule has 1 heterocycles. The van der Waals surface area contributed by atoms with Crippen LogP contribution in [0, 0.1) is 5.92 Å². The van der Waals surface area contributed by atoms with Gasteiger partial charge >= 0.3 is 0 Å². The highest BCUT2D eigenvalue weighted by Gasteiger charge is 2.31. The van der Waals surface area contributed by atoms with E-state index >= 15 is 0 Å². The lowest BCUT2D eigenvalue weighted by Gasteiger charge is -2.24. The fourth-order valence-electron chi connectivity index (χ4n) is 2.74. The van der Waals surface area contributed by atoms with E-state index in [1.807, 2.05) is 13.0 Å². The van der Waals surface area contributed by atoms with E-state index in [-0.39, 0.29) is 0 Å². The number of carbonyl (C=O) groups excluding carboxylic acids is 1. The summed E-state index contributed by atoms with van der Waals surface area (Å²) in [6, 6.07) is 10.9. The zero-order valence-corrected chi connectivity index (χ0v) is 10.7. The molecule has 0 N–H and O–H groups in total. The normalized spacial score (nSPS) is 24.0. The van der Waals surface area contributed by atoms with Crippen molar-refractivity contribution in [3.05, 3.63) is 35.9 Å². The summed E-state index contributed by atoms with van der Waals surface area (Å²) in [7, 11) is 0. The van der Waals surface area contributed by atoms with Crippen LogP contribution < -0.4 is 0 Å². The Balaban J connectivity index is 2.06. The molecule has 0 saturated carbocycles. The summed E-state index contributed by atoms with van der Waals surface area (Å²) in [6.07, 6.45) is 2.76. The zero-order valence-electron chi connectivity index (χ0n) is 10.7. The Hall–Kier alpha value is -1.31. The van der Waals surface area contributed by atoms with Gasteiger partial charge in [0.15, 0.2) is 0 Å². The summed E-state index contributed by atoms with van der Waals surface area (Å²) in [6.45, 7) is 5.12.